The monoisotopic (exact) mass is 786 g/mol. The first kappa shape index (κ1) is 56.3. The van der Waals surface area contributed by atoms with Crippen molar-refractivity contribution in [1.82, 2.24) is 0 Å². The molecule has 0 spiro atoms. The van der Waals surface area contributed by atoms with Crippen LogP contribution in [0.1, 0.15) is 271 Å². The maximum Gasteiger partial charge on any atom is 0.130 e. The van der Waals surface area contributed by atoms with Crippen LogP contribution in [0, 0.1) is 0 Å². The predicted octanol–water partition coefficient (Wildman–Crippen LogP) is 13.7. The topological polar surface area (TPSA) is 18.5 Å². The van der Waals surface area contributed by atoms with Gasteiger partial charge in [0.15, 0.2) is 0 Å². The third-order valence-corrected chi connectivity index (χ3v) is 11.5. The average molecular weight is 787 g/mol. The van der Waals surface area contributed by atoms with E-state index >= 15 is 0 Å². The lowest BCUT2D eigenvalue weighted by atomic mass is 10.0. The zero-order valence-corrected chi connectivity index (χ0v) is 39.1. The zero-order chi connectivity index (χ0) is 38.6. The minimum atomic E-state index is 0. The number of hydrogen-bond acceptors (Lipinski definition) is 2. The minimum Gasteiger partial charge on any atom is -1.00 e. The van der Waals surface area contributed by atoms with Gasteiger partial charge in [-0.15, -0.1) is 0 Å². The van der Waals surface area contributed by atoms with Crippen LogP contribution in [0.5, 0.6) is 0 Å². The van der Waals surface area contributed by atoms with Crippen molar-refractivity contribution in [1.29, 1.82) is 0 Å². The number of halogens is 1. The van der Waals surface area contributed by atoms with Crippen LogP contribution in [0.25, 0.3) is 0 Å². The number of likely N-dealkylation sites (N-methyl/N-ethyl adjacent to an activating group) is 1. The minimum absolute atomic E-state index is 0. The molecule has 0 aliphatic carbocycles. The first-order valence-electron chi connectivity index (χ1n) is 25.0. The fourth-order valence-electron chi connectivity index (χ4n) is 8.05. The number of ether oxygens (including phenoxy) is 2. The van der Waals surface area contributed by atoms with E-state index in [0.717, 1.165) is 30.8 Å². The Hall–Kier alpha value is 0.170. The molecule has 1 atom stereocenters. The van der Waals surface area contributed by atoms with E-state index in [1.54, 1.807) is 0 Å². The average Bonchev–Trinajstić information content (AvgIpc) is 3.13. The van der Waals surface area contributed by atoms with Crippen molar-refractivity contribution < 1.29 is 26.4 Å². The van der Waals surface area contributed by atoms with Gasteiger partial charge in [0.05, 0.1) is 27.7 Å². The van der Waals surface area contributed by atoms with Crippen molar-refractivity contribution in [2.75, 3.05) is 47.5 Å². The lowest BCUT2D eigenvalue weighted by Gasteiger charge is -2.29. The fourth-order valence-corrected chi connectivity index (χ4v) is 8.05. The summed E-state index contributed by atoms with van der Waals surface area (Å²) in [6.45, 7) is 8.19. The highest BCUT2D eigenvalue weighted by molar-refractivity contribution is 4.58. The zero-order valence-electron chi connectivity index (χ0n) is 38.3. The Balaban J connectivity index is 0. The largest absolute Gasteiger partial charge is 1.00 e. The van der Waals surface area contributed by atoms with E-state index in [1.807, 2.05) is 0 Å². The highest BCUT2D eigenvalue weighted by Gasteiger charge is 2.19. The van der Waals surface area contributed by atoms with Crippen molar-refractivity contribution in [3.05, 3.63) is 0 Å². The normalized spacial score (nSPS) is 12.4. The Morgan fingerprint density at radius 3 is 0.778 bits per heavy atom. The molecule has 0 saturated heterocycles. The van der Waals surface area contributed by atoms with Crippen LogP contribution in [0.15, 0.2) is 0 Å². The molecule has 1 unspecified atom stereocenters. The Labute approximate surface area is 349 Å². The molecular weight excluding hydrogens is 682 g/mol. The van der Waals surface area contributed by atoms with E-state index in [2.05, 4.69) is 35.0 Å². The molecule has 0 bridgehead atoms. The molecule has 0 amide bonds. The molecule has 0 aliphatic heterocycles. The molecule has 0 rings (SSSR count). The van der Waals surface area contributed by atoms with Gasteiger partial charge in [-0.1, -0.05) is 258 Å². The summed E-state index contributed by atoms with van der Waals surface area (Å²) in [5, 5.41) is 0. The van der Waals surface area contributed by atoms with Crippen LogP contribution in [0.3, 0.4) is 0 Å². The van der Waals surface area contributed by atoms with Gasteiger partial charge >= 0.3 is 0 Å². The molecule has 0 aromatic carbocycles. The van der Waals surface area contributed by atoms with Crippen LogP contribution in [-0.4, -0.2) is 58.1 Å². The predicted molar refractivity (Wildman–Crippen MR) is 239 cm³/mol. The quantitative estimate of drug-likeness (QED) is 0.0452. The molecule has 0 radical (unpaired) electrons. The second kappa shape index (κ2) is 47.5. The van der Waals surface area contributed by atoms with Gasteiger partial charge in [-0.05, 0) is 12.8 Å². The van der Waals surface area contributed by atoms with Crippen LogP contribution in [0.2, 0.25) is 0 Å². The van der Waals surface area contributed by atoms with Gasteiger partial charge < -0.3 is 26.4 Å². The summed E-state index contributed by atoms with van der Waals surface area (Å²) in [6.07, 6.45) is 57.4. The van der Waals surface area contributed by atoms with Crippen LogP contribution >= 0.6 is 0 Å². The van der Waals surface area contributed by atoms with Gasteiger partial charge in [0, 0.05) is 13.2 Å². The smallest absolute Gasteiger partial charge is 0.130 e. The molecule has 0 N–H and O–H groups in total. The van der Waals surface area contributed by atoms with Gasteiger partial charge in [-0.3, -0.25) is 0 Å². The first-order chi connectivity index (χ1) is 26.0. The van der Waals surface area contributed by atoms with Crippen LogP contribution in [-0.2, 0) is 9.47 Å². The summed E-state index contributed by atoms with van der Waals surface area (Å²) in [7, 11) is 6.81. The summed E-state index contributed by atoms with van der Waals surface area (Å²) >= 11 is 0. The van der Waals surface area contributed by atoms with Gasteiger partial charge in [-0.2, -0.15) is 0 Å². The molecule has 0 fully saturated rings. The molecule has 0 aliphatic rings. The summed E-state index contributed by atoms with van der Waals surface area (Å²) in [5.41, 5.74) is 0. The van der Waals surface area contributed by atoms with E-state index in [0.29, 0.717) is 0 Å². The molecule has 328 valence electrons. The number of unbranched alkanes of at least 4 members (excludes halogenated alkanes) is 38. The molecule has 4 heteroatoms. The van der Waals surface area contributed by atoms with Gasteiger partial charge in [0.2, 0.25) is 0 Å². The molecule has 0 aromatic heterocycles. The summed E-state index contributed by atoms with van der Waals surface area (Å²) in [5.74, 6) is 0. The third-order valence-electron chi connectivity index (χ3n) is 11.5. The molecule has 0 saturated carbocycles. The highest BCUT2D eigenvalue weighted by atomic mass is 35.5. The van der Waals surface area contributed by atoms with E-state index < -0.39 is 0 Å². The summed E-state index contributed by atoms with van der Waals surface area (Å²) in [4.78, 5) is 0. The fraction of sp³-hybridized carbons (Fsp3) is 1.00. The number of quaternary nitrogens is 1. The van der Waals surface area contributed by atoms with E-state index in [4.69, 9.17) is 9.47 Å². The summed E-state index contributed by atoms with van der Waals surface area (Å²) < 4.78 is 13.4. The number of rotatable bonds is 47. The standard InChI is InChI=1S/C50H104NO2.ClH/c1-6-8-10-12-14-16-18-20-22-24-26-28-30-32-34-36-38-40-42-44-46-52-49-50(48-51(3,4)5)53-47-45-43-41-39-37-35-33-31-29-27-25-23-21-19-17-15-13-11-9-7-2;/h50H,6-49H2,1-5H3;1H/q+1;/p-1. The van der Waals surface area contributed by atoms with Gasteiger partial charge in [0.25, 0.3) is 0 Å². The van der Waals surface area contributed by atoms with Crippen LogP contribution < -0.4 is 12.4 Å². The highest BCUT2D eigenvalue weighted by Crippen LogP contribution is 2.17. The van der Waals surface area contributed by atoms with E-state index in [-0.39, 0.29) is 18.5 Å². The Kier molecular flexibility index (Phi) is 49.5. The third kappa shape index (κ3) is 50.2. The maximum atomic E-state index is 6.36. The number of nitrogens with zero attached hydrogens (tertiary/aromatic N) is 1. The first-order valence-corrected chi connectivity index (χ1v) is 25.0. The van der Waals surface area contributed by atoms with Crippen LogP contribution in [0.4, 0.5) is 0 Å². The Morgan fingerprint density at radius 2 is 0.537 bits per heavy atom. The van der Waals surface area contributed by atoms with Crippen molar-refractivity contribution in [3.63, 3.8) is 0 Å². The van der Waals surface area contributed by atoms with E-state index in [1.165, 1.54) is 257 Å². The second-order valence-electron chi connectivity index (χ2n) is 18.5. The molecule has 0 heterocycles. The van der Waals surface area contributed by atoms with Gasteiger partial charge in [0.1, 0.15) is 12.6 Å². The number of hydrogen-bond donors (Lipinski definition) is 0. The summed E-state index contributed by atoms with van der Waals surface area (Å²) in [6, 6.07) is 0. The van der Waals surface area contributed by atoms with Crippen molar-refractivity contribution in [3.8, 4) is 0 Å². The van der Waals surface area contributed by atoms with Crippen molar-refractivity contribution in [2.24, 2.45) is 0 Å². The molecule has 0 aromatic rings. The lowest BCUT2D eigenvalue weighted by molar-refractivity contribution is -0.873. The SMILES string of the molecule is CCCCCCCCCCCCCCCCCCCCCCOCC(C[N+](C)(C)C)OCCCCCCCCCCCCCCCCCCCCCC.[Cl-]. The Morgan fingerprint density at radius 1 is 0.315 bits per heavy atom. The Bertz CT molecular complexity index is 653. The van der Waals surface area contributed by atoms with E-state index in [9.17, 15) is 0 Å². The molecular formula is C50H104ClNO2. The van der Waals surface area contributed by atoms with Gasteiger partial charge in [-0.25, -0.2) is 0 Å². The maximum absolute atomic E-state index is 6.36. The van der Waals surface area contributed by atoms with Crippen molar-refractivity contribution in [2.45, 2.75) is 277 Å². The molecule has 54 heavy (non-hydrogen) atoms. The second-order valence-corrected chi connectivity index (χ2v) is 18.5. The van der Waals surface area contributed by atoms with Crippen molar-refractivity contribution >= 4 is 0 Å². The lowest BCUT2D eigenvalue weighted by Crippen LogP contribution is -3.00. The molecule has 3 nitrogen and oxygen atoms in total.